The van der Waals surface area contributed by atoms with Crippen LogP contribution in [0.15, 0.2) is 36.4 Å². The Labute approximate surface area is 117 Å². The van der Waals surface area contributed by atoms with Gasteiger partial charge < -0.3 is 5.32 Å². The van der Waals surface area contributed by atoms with Crippen molar-refractivity contribution in [1.29, 1.82) is 0 Å². The third-order valence-electron chi connectivity index (χ3n) is 3.79. The van der Waals surface area contributed by atoms with Crippen molar-refractivity contribution in [3.63, 3.8) is 0 Å². The molecule has 1 amide bonds. The Bertz CT molecular complexity index is 679. The predicted molar refractivity (Wildman–Crippen MR) is 77.6 cm³/mol. The van der Waals surface area contributed by atoms with E-state index in [1.165, 1.54) is 35.7 Å². The Kier molecular flexibility index (Phi) is 3.26. The predicted octanol–water partition coefficient (Wildman–Crippen LogP) is 3.88. The number of hydrogen-bond acceptors (Lipinski definition) is 1. The highest BCUT2D eigenvalue weighted by atomic mass is 19.1. The van der Waals surface area contributed by atoms with E-state index in [2.05, 4.69) is 11.4 Å². The summed E-state index contributed by atoms with van der Waals surface area (Å²) in [5, 5.41) is 2.89. The van der Waals surface area contributed by atoms with Gasteiger partial charge in [-0.15, -0.1) is 0 Å². The quantitative estimate of drug-likeness (QED) is 0.880. The SMILES string of the molecule is Cc1cc(F)ccc1C(=O)Nc1ccc2c(c1)CCC2. The number of aryl methyl sites for hydroxylation is 3. The maximum atomic E-state index is 13.1. The molecule has 1 N–H and O–H groups in total. The minimum Gasteiger partial charge on any atom is -0.322 e. The van der Waals surface area contributed by atoms with Gasteiger partial charge in [-0.3, -0.25) is 4.79 Å². The van der Waals surface area contributed by atoms with E-state index in [0.717, 1.165) is 18.5 Å². The molecule has 102 valence electrons. The topological polar surface area (TPSA) is 29.1 Å². The molecule has 0 aromatic heterocycles. The summed E-state index contributed by atoms with van der Waals surface area (Å²) in [6.07, 6.45) is 3.39. The Morgan fingerprint density at radius 2 is 1.90 bits per heavy atom. The molecule has 0 spiro atoms. The zero-order chi connectivity index (χ0) is 14.1. The summed E-state index contributed by atoms with van der Waals surface area (Å²) >= 11 is 0. The first-order chi connectivity index (χ1) is 9.63. The maximum Gasteiger partial charge on any atom is 0.255 e. The molecular weight excluding hydrogens is 253 g/mol. The minimum absolute atomic E-state index is 0.194. The molecule has 0 saturated heterocycles. The number of amides is 1. The molecule has 3 heteroatoms. The molecule has 1 aliphatic carbocycles. The van der Waals surface area contributed by atoms with Crippen LogP contribution >= 0.6 is 0 Å². The van der Waals surface area contributed by atoms with Gasteiger partial charge in [0.2, 0.25) is 0 Å². The van der Waals surface area contributed by atoms with Crippen molar-refractivity contribution < 1.29 is 9.18 Å². The number of hydrogen-bond donors (Lipinski definition) is 1. The van der Waals surface area contributed by atoms with Gasteiger partial charge in [-0.25, -0.2) is 4.39 Å². The third-order valence-corrected chi connectivity index (χ3v) is 3.79. The van der Waals surface area contributed by atoms with Crippen molar-refractivity contribution >= 4 is 11.6 Å². The van der Waals surface area contributed by atoms with E-state index in [1.807, 2.05) is 12.1 Å². The lowest BCUT2D eigenvalue weighted by molar-refractivity contribution is 0.102. The molecule has 3 rings (SSSR count). The van der Waals surface area contributed by atoms with Crippen LogP contribution in [0.1, 0.15) is 33.5 Å². The molecule has 0 unspecified atom stereocenters. The second kappa shape index (κ2) is 5.08. The number of halogens is 1. The summed E-state index contributed by atoms with van der Waals surface area (Å²) in [4.78, 5) is 12.2. The zero-order valence-corrected chi connectivity index (χ0v) is 11.4. The van der Waals surface area contributed by atoms with E-state index in [4.69, 9.17) is 0 Å². The molecule has 1 aliphatic rings. The summed E-state index contributed by atoms with van der Waals surface area (Å²) in [6, 6.07) is 10.3. The third kappa shape index (κ3) is 2.44. The fourth-order valence-electron chi connectivity index (χ4n) is 2.73. The Morgan fingerprint density at radius 1 is 1.10 bits per heavy atom. The van der Waals surface area contributed by atoms with Crippen molar-refractivity contribution in [3.05, 3.63) is 64.5 Å². The highest BCUT2D eigenvalue weighted by molar-refractivity contribution is 6.05. The van der Waals surface area contributed by atoms with Gasteiger partial charge in [-0.05, 0) is 73.2 Å². The second-order valence-corrected chi connectivity index (χ2v) is 5.25. The van der Waals surface area contributed by atoms with Gasteiger partial charge in [-0.1, -0.05) is 6.07 Å². The normalized spacial score (nSPS) is 13.1. The number of benzene rings is 2. The van der Waals surface area contributed by atoms with Crippen LogP contribution in [0.4, 0.5) is 10.1 Å². The van der Waals surface area contributed by atoms with Crippen molar-refractivity contribution in [2.45, 2.75) is 26.2 Å². The standard InChI is InChI=1S/C17H16FNO/c1-11-9-14(18)6-8-16(11)17(20)19-15-7-5-12-3-2-4-13(12)10-15/h5-10H,2-4H2,1H3,(H,19,20). The van der Waals surface area contributed by atoms with Crippen molar-refractivity contribution in [2.75, 3.05) is 5.32 Å². The van der Waals surface area contributed by atoms with Crippen LogP contribution in [0.2, 0.25) is 0 Å². The Balaban J connectivity index is 1.82. The average molecular weight is 269 g/mol. The fraction of sp³-hybridized carbons (Fsp3) is 0.235. The highest BCUT2D eigenvalue weighted by Crippen LogP contribution is 2.25. The van der Waals surface area contributed by atoms with Gasteiger partial charge in [-0.2, -0.15) is 0 Å². The zero-order valence-electron chi connectivity index (χ0n) is 11.4. The first-order valence-electron chi connectivity index (χ1n) is 6.83. The molecule has 2 aromatic carbocycles. The number of fused-ring (bicyclic) bond motifs is 1. The number of nitrogens with one attached hydrogen (secondary N) is 1. The lowest BCUT2D eigenvalue weighted by Gasteiger charge is -2.09. The highest BCUT2D eigenvalue weighted by Gasteiger charge is 2.13. The Morgan fingerprint density at radius 3 is 2.70 bits per heavy atom. The molecule has 0 heterocycles. The summed E-state index contributed by atoms with van der Waals surface area (Å²) in [6.45, 7) is 1.74. The lowest BCUT2D eigenvalue weighted by atomic mass is 10.1. The Hall–Kier alpha value is -2.16. The number of anilines is 1. The van der Waals surface area contributed by atoms with E-state index < -0.39 is 0 Å². The van der Waals surface area contributed by atoms with Gasteiger partial charge in [0.1, 0.15) is 5.82 Å². The molecule has 0 bridgehead atoms. The molecule has 0 fully saturated rings. The lowest BCUT2D eigenvalue weighted by Crippen LogP contribution is -2.13. The molecular formula is C17H16FNO. The van der Waals surface area contributed by atoms with Crippen molar-refractivity contribution in [1.82, 2.24) is 0 Å². The monoisotopic (exact) mass is 269 g/mol. The van der Waals surface area contributed by atoms with Crippen LogP contribution in [0.3, 0.4) is 0 Å². The van der Waals surface area contributed by atoms with Gasteiger partial charge in [0.15, 0.2) is 0 Å². The summed E-state index contributed by atoms with van der Waals surface area (Å²) < 4.78 is 13.1. The van der Waals surface area contributed by atoms with Gasteiger partial charge >= 0.3 is 0 Å². The molecule has 20 heavy (non-hydrogen) atoms. The van der Waals surface area contributed by atoms with Gasteiger partial charge in [0, 0.05) is 11.3 Å². The van der Waals surface area contributed by atoms with Crippen molar-refractivity contribution in [2.24, 2.45) is 0 Å². The number of rotatable bonds is 2. The largest absolute Gasteiger partial charge is 0.322 e. The van der Waals surface area contributed by atoms with Crippen LogP contribution in [0, 0.1) is 12.7 Å². The van der Waals surface area contributed by atoms with E-state index in [-0.39, 0.29) is 11.7 Å². The molecule has 2 aromatic rings. The van der Waals surface area contributed by atoms with Crippen LogP contribution in [-0.2, 0) is 12.8 Å². The molecule has 0 atom stereocenters. The second-order valence-electron chi connectivity index (χ2n) is 5.25. The van der Waals surface area contributed by atoms with Crippen molar-refractivity contribution in [3.8, 4) is 0 Å². The van der Waals surface area contributed by atoms with E-state index >= 15 is 0 Å². The van der Waals surface area contributed by atoms with E-state index in [1.54, 1.807) is 6.92 Å². The smallest absolute Gasteiger partial charge is 0.255 e. The summed E-state index contributed by atoms with van der Waals surface area (Å²) in [7, 11) is 0. The molecule has 0 saturated carbocycles. The van der Waals surface area contributed by atoms with E-state index in [9.17, 15) is 9.18 Å². The van der Waals surface area contributed by atoms with Crippen LogP contribution in [0.5, 0.6) is 0 Å². The summed E-state index contributed by atoms with van der Waals surface area (Å²) in [5.41, 5.74) is 4.65. The molecule has 2 nitrogen and oxygen atoms in total. The number of carbonyl (C=O) groups is 1. The van der Waals surface area contributed by atoms with Crippen LogP contribution in [0.25, 0.3) is 0 Å². The molecule has 0 radical (unpaired) electrons. The number of carbonyl (C=O) groups excluding carboxylic acids is 1. The minimum atomic E-state index is -0.323. The first-order valence-corrected chi connectivity index (χ1v) is 6.83. The first kappa shape index (κ1) is 12.9. The van der Waals surface area contributed by atoms with Crippen LogP contribution in [-0.4, -0.2) is 5.91 Å². The molecule has 0 aliphatic heterocycles. The fourth-order valence-corrected chi connectivity index (χ4v) is 2.73. The van der Waals surface area contributed by atoms with Gasteiger partial charge in [0.25, 0.3) is 5.91 Å². The maximum absolute atomic E-state index is 13.1. The average Bonchev–Trinajstić information content (AvgIpc) is 2.85. The summed E-state index contributed by atoms with van der Waals surface area (Å²) in [5.74, 6) is -0.517. The van der Waals surface area contributed by atoms with E-state index in [0.29, 0.717) is 11.1 Å². The van der Waals surface area contributed by atoms with Crippen LogP contribution < -0.4 is 5.32 Å². The van der Waals surface area contributed by atoms with Gasteiger partial charge in [0.05, 0.1) is 0 Å².